The summed E-state index contributed by atoms with van der Waals surface area (Å²) in [6, 6.07) is -0.602. The van der Waals surface area contributed by atoms with E-state index < -0.39 is 23.7 Å². The molecule has 0 aromatic heterocycles. The van der Waals surface area contributed by atoms with Crippen molar-refractivity contribution in [3.05, 3.63) is 0 Å². The molecule has 2 rings (SSSR count). The number of rotatable bonds is 1. The molecule has 5 nitrogen and oxygen atoms in total. The van der Waals surface area contributed by atoms with Crippen LogP contribution in [0.4, 0.5) is 4.79 Å². The van der Waals surface area contributed by atoms with Crippen molar-refractivity contribution in [3.8, 4) is 0 Å². The van der Waals surface area contributed by atoms with Gasteiger partial charge in [-0.25, -0.2) is 9.59 Å². The van der Waals surface area contributed by atoms with E-state index in [1.807, 2.05) is 0 Å². The van der Waals surface area contributed by atoms with Crippen molar-refractivity contribution in [1.29, 1.82) is 0 Å². The Morgan fingerprint density at radius 2 is 1.94 bits per heavy atom. The molecule has 90 valence electrons. The molecule has 2 aliphatic rings. The third-order valence-corrected chi connectivity index (χ3v) is 2.99. The lowest BCUT2D eigenvalue weighted by Gasteiger charge is -2.28. The van der Waals surface area contributed by atoms with E-state index in [-0.39, 0.29) is 6.04 Å². The first-order valence-electron chi connectivity index (χ1n) is 5.54. The second-order valence-electron chi connectivity index (χ2n) is 5.54. The van der Waals surface area contributed by atoms with Gasteiger partial charge >= 0.3 is 12.1 Å². The summed E-state index contributed by atoms with van der Waals surface area (Å²) in [5, 5.41) is 9.02. The van der Waals surface area contributed by atoms with Crippen LogP contribution in [0.5, 0.6) is 0 Å². The van der Waals surface area contributed by atoms with Crippen LogP contribution in [0.2, 0.25) is 0 Å². The molecule has 2 fully saturated rings. The molecule has 0 spiro atoms. The molecule has 1 aliphatic carbocycles. The number of carboxylic acids is 1. The third kappa shape index (κ3) is 1.99. The molecule has 2 unspecified atom stereocenters. The Labute approximate surface area is 94.4 Å². The SMILES string of the molecule is CC(C)(C)OC(=O)N1C(C(=O)O)C[C@@H]2CC21. The van der Waals surface area contributed by atoms with Gasteiger partial charge in [-0.2, -0.15) is 0 Å². The van der Waals surface area contributed by atoms with Crippen LogP contribution in [0, 0.1) is 5.92 Å². The van der Waals surface area contributed by atoms with E-state index in [0.717, 1.165) is 6.42 Å². The van der Waals surface area contributed by atoms with Crippen LogP contribution in [-0.2, 0) is 9.53 Å². The number of hydrogen-bond donors (Lipinski definition) is 1. The Hall–Kier alpha value is -1.26. The average molecular weight is 227 g/mol. The zero-order chi connectivity index (χ0) is 12.1. The summed E-state index contributed by atoms with van der Waals surface area (Å²) >= 11 is 0. The number of ether oxygens (including phenoxy) is 1. The maximum Gasteiger partial charge on any atom is 0.411 e. The largest absolute Gasteiger partial charge is 0.480 e. The normalized spacial score (nSPS) is 32.2. The van der Waals surface area contributed by atoms with Gasteiger partial charge in [0.15, 0.2) is 0 Å². The Morgan fingerprint density at radius 1 is 1.31 bits per heavy atom. The summed E-state index contributed by atoms with van der Waals surface area (Å²) < 4.78 is 5.22. The second kappa shape index (κ2) is 3.37. The van der Waals surface area contributed by atoms with Gasteiger partial charge in [-0.3, -0.25) is 4.90 Å². The number of piperidine rings is 1. The molecule has 0 aromatic rings. The molecule has 1 amide bonds. The van der Waals surface area contributed by atoms with Crippen LogP contribution in [0.3, 0.4) is 0 Å². The fourth-order valence-electron chi connectivity index (χ4n) is 2.25. The number of carboxylic acid groups (broad SMARTS) is 1. The van der Waals surface area contributed by atoms with Crippen molar-refractivity contribution in [3.63, 3.8) is 0 Å². The topological polar surface area (TPSA) is 66.8 Å². The quantitative estimate of drug-likeness (QED) is 0.736. The van der Waals surface area contributed by atoms with Gasteiger partial charge in [0.2, 0.25) is 0 Å². The summed E-state index contributed by atoms with van der Waals surface area (Å²) in [4.78, 5) is 24.3. The molecule has 1 N–H and O–H groups in total. The van der Waals surface area contributed by atoms with Crippen LogP contribution >= 0.6 is 0 Å². The highest BCUT2D eigenvalue weighted by Gasteiger charge is 2.57. The number of carbonyl (C=O) groups excluding carboxylic acids is 1. The molecule has 1 aliphatic heterocycles. The van der Waals surface area contributed by atoms with Crippen molar-refractivity contribution in [2.24, 2.45) is 5.92 Å². The molecule has 0 aromatic carbocycles. The molecule has 0 radical (unpaired) electrons. The van der Waals surface area contributed by atoms with Gasteiger partial charge < -0.3 is 9.84 Å². The highest BCUT2D eigenvalue weighted by molar-refractivity contribution is 5.82. The smallest absolute Gasteiger partial charge is 0.411 e. The van der Waals surface area contributed by atoms with Crippen LogP contribution in [0.15, 0.2) is 0 Å². The molecule has 1 saturated heterocycles. The van der Waals surface area contributed by atoms with Crippen LogP contribution in [0.1, 0.15) is 33.6 Å². The Kier molecular flexibility index (Phi) is 2.36. The van der Waals surface area contributed by atoms with E-state index in [4.69, 9.17) is 9.84 Å². The summed E-state index contributed by atoms with van der Waals surface area (Å²) in [7, 11) is 0. The van der Waals surface area contributed by atoms with Crippen molar-refractivity contribution >= 4 is 12.1 Å². The minimum absolute atomic E-state index is 0.0935. The molecule has 16 heavy (non-hydrogen) atoms. The van der Waals surface area contributed by atoms with Gasteiger partial charge in [0.05, 0.1) is 0 Å². The van der Waals surface area contributed by atoms with E-state index in [1.165, 1.54) is 4.90 Å². The fraction of sp³-hybridized carbons (Fsp3) is 0.818. The molecule has 3 atom stereocenters. The van der Waals surface area contributed by atoms with Crippen molar-refractivity contribution in [2.75, 3.05) is 0 Å². The predicted molar refractivity (Wildman–Crippen MR) is 56.0 cm³/mol. The van der Waals surface area contributed by atoms with E-state index >= 15 is 0 Å². The van der Waals surface area contributed by atoms with E-state index in [0.29, 0.717) is 12.3 Å². The Balaban J connectivity index is 2.07. The maximum atomic E-state index is 11.9. The van der Waals surface area contributed by atoms with Crippen molar-refractivity contribution < 1.29 is 19.4 Å². The van der Waals surface area contributed by atoms with Gasteiger partial charge in [-0.1, -0.05) is 0 Å². The van der Waals surface area contributed by atoms with Gasteiger partial charge in [-0.15, -0.1) is 0 Å². The molecule has 1 saturated carbocycles. The number of hydrogen-bond acceptors (Lipinski definition) is 3. The standard InChI is InChI=1S/C11H17NO4/c1-11(2,3)16-10(15)12-7-4-6(7)5-8(12)9(13)14/h6-8H,4-5H2,1-3H3,(H,13,14)/t6-,7?,8?/m0/s1. The number of fused-ring (bicyclic) bond motifs is 1. The molecule has 0 bridgehead atoms. The fourth-order valence-corrected chi connectivity index (χ4v) is 2.25. The number of nitrogens with zero attached hydrogens (tertiary/aromatic N) is 1. The predicted octanol–water partition coefficient (Wildman–Crippen LogP) is 1.47. The van der Waals surface area contributed by atoms with Gasteiger partial charge in [0.25, 0.3) is 0 Å². The molecule has 5 heteroatoms. The Morgan fingerprint density at radius 3 is 2.44 bits per heavy atom. The lowest BCUT2D eigenvalue weighted by molar-refractivity contribution is -0.142. The summed E-state index contributed by atoms with van der Waals surface area (Å²) in [6.07, 6.45) is 0.993. The average Bonchev–Trinajstić information content (AvgIpc) is 2.73. The van der Waals surface area contributed by atoms with E-state index in [1.54, 1.807) is 20.8 Å². The number of carbonyl (C=O) groups is 2. The summed E-state index contributed by atoms with van der Waals surface area (Å²) in [5.74, 6) is -0.563. The maximum absolute atomic E-state index is 11.9. The first kappa shape index (κ1) is 11.2. The summed E-state index contributed by atoms with van der Waals surface area (Å²) in [6.45, 7) is 5.34. The number of amides is 1. The zero-order valence-corrected chi connectivity index (χ0v) is 9.77. The van der Waals surface area contributed by atoms with Crippen LogP contribution < -0.4 is 0 Å². The lowest BCUT2D eigenvalue weighted by Crippen LogP contribution is -2.45. The van der Waals surface area contributed by atoms with Crippen molar-refractivity contribution in [1.82, 2.24) is 4.90 Å². The van der Waals surface area contributed by atoms with Gasteiger partial charge in [0.1, 0.15) is 11.6 Å². The van der Waals surface area contributed by atoms with E-state index in [2.05, 4.69) is 0 Å². The number of likely N-dealkylation sites (tertiary alicyclic amines) is 1. The minimum atomic E-state index is -0.932. The zero-order valence-electron chi connectivity index (χ0n) is 9.77. The molecular formula is C11H17NO4. The van der Waals surface area contributed by atoms with Crippen molar-refractivity contribution in [2.45, 2.75) is 51.3 Å². The first-order chi connectivity index (χ1) is 7.29. The first-order valence-corrected chi connectivity index (χ1v) is 5.54. The van der Waals surface area contributed by atoms with Gasteiger partial charge in [0, 0.05) is 6.04 Å². The third-order valence-electron chi connectivity index (χ3n) is 2.99. The second-order valence-corrected chi connectivity index (χ2v) is 5.54. The summed E-state index contributed by atoms with van der Waals surface area (Å²) in [5.41, 5.74) is -0.576. The highest BCUT2D eigenvalue weighted by Crippen LogP contribution is 2.48. The highest BCUT2D eigenvalue weighted by atomic mass is 16.6. The molecular weight excluding hydrogens is 210 g/mol. The molecule has 1 heterocycles. The van der Waals surface area contributed by atoms with E-state index in [9.17, 15) is 9.59 Å². The van der Waals surface area contributed by atoms with Crippen LogP contribution in [0.25, 0.3) is 0 Å². The Bertz CT molecular complexity index is 333. The number of aliphatic carboxylic acids is 1. The monoisotopic (exact) mass is 227 g/mol. The minimum Gasteiger partial charge on any atom is -0.480 e. The van der Waals surface area contributed by atoms with Crippen LogP contribution in [-0.4, -0.2) is 39.8 Å². The van der Waals surface area contributed by atoms with Gasteiger partial charge in [-0.05, 0) is 39.5 Å². The lowest BCUT2D eigenvalue weighted by atomic mass is 10.2.